The highest BCUT2D eigenvalue weighted by atomic mass is 32.2. The number of aryl methyl sites for hydroxylation is 1. The second-order valence-electron chi connectivity index (χ2n) is 7.68. The van der Waals surface area contributed by atoms with E-state index in [0.29, 0.717) is 22.1 Å². The van der Waals surface area contributed by atoms with E-state index in [1.807, 2.05) is 34.0 Å². The van der Waals surface area contributed by atoms with Gasteiger partial charge in [-0.1, -0.05) is 18.2 Å². The first-order chi connectivity index (χ1) is 15.7. The first-order valence-electron chi connectivity index (χ1n) is 10.1. The van der Waals surface area contributed by atoms with E-state index >= 15 is 0 Å². The number of benzene rings is 1. The number of hydrogen-bond donors (Lipinski definition) is 1. The van der Waals surface area contributed by atoms with Crippen LogP contribution in [0.25, 0.3) is 0 Å². The van der Waals surface area contributed by atoms with Crippen LogP contribution >= 0.6 is 11.3 Å². The molecule has 0 radical (unpaired) electrons. The highest BCUT2D eigenvalue weighted by Gasteiger charge is 2.24. The van der Waals surface area contributed by atoms with Crippen LogP contribution in [0.1, 0.15) is 27.3 Å². The van der Waals surface area contributed by atoms with Crippen LogP contribution in [0.15, 0.2) is 64.7 Å². The summed E-state index contributed by atoms with van der Waals surface area (Å²) in [6, 6.07) is 9.35. The molecule has 2 aliphatic rings. The molecule has 168 valence electrons. The molecule has 10 heteroatoms. The summed E-state index contributed by atoms with van der Waals surface area (Å²) in [5.74, 6) is -0.760. The third kappa shape index (κ3) is 5.27. The highest BCUT2D eigenvalue weighted by Crippen LogP contribution is 2.34. The van der Waals surface area contributed by atoms with Crippen molar-refractivity contribution in [2.24, 2.45) is 4.99 Å². The van der Waals surface area contributed by atoms with Crippen molar-refractivity contribution in [2.45, 2.75) is 19.4 Å². The maximum atomic E-state index is 12.4. The van der Waals surface area contributed by atoms with Gasteiger partial charge in [-0.2, -0.15) is 5.26 Å². The molecule has 1 aliphatic carbocycles. The number of nitrogens with zero attached hydrogens (tertiary/aromatic N) is 4. The molecule has 33 heavy (non-hydrogen) atoms. The normalized spacial score (nSPS) is 16.9. The zero-order chi connectivity index (χ0) is 23.6. The molecule has 0 bridgehead atoms. The number of nitriles is 1. The third-order valence-corrected chi connectivity index (χ3v) is 6.69. The molecule has 1 aromatic carbocycles. The quantitative estimate of drug-likeness (QED) is 0.679. The molecule has 0 saturated heterocycles. The third-order valence-electron chi connectivity index (χ3n) is 5.14. The van der Waals surface area contributed by atoms with Gasteiger partial charge in [0.05, 0.1) is 30.5 Å². The summed E-state index contributed by atoms with van der Waals surface area (Å²) in [5.41, 5.74) is 3.62. The van der Waals surface area contributed by atoms with Crippen LogP contribution in [0, 0.1) is 18.3 Å². The maximum absolute atomic E-state index is 12.4. The van der Waals surface area contributed by atoms with Crippen LogP contribution in [0.3, 0.4) is 0 Å². The number of aromatic nitrogens is 1. The molecule has 2 heterocycles. The molecule has 1 N–H and O–H groups in total. The molecule has 4 rings (SSSR count). The van der Waals surface area contributed by atoms with E-state index in [1.165, 1.54) is 11.3 Å². The van der Waals surface area contributed by atoms with Crippen LogP contribution in [-0.2, 0) is 10.0 Å². The van der Waals surface area contributed by atoms with Gasteiger partial charge in [0.15, 0.2) is 5.13 Å². The topological polar surface area (TPSA) is 116 Å². The Bertz CT molecular complexity index is 1360. The van der Waals surface area contributed by atoms with Crippen molar-refractivity contribution < 1.29 is 13.2 Å². The Labute approximate surface area is 196 Å². The van der Waals surface area contributed by atoms with Crippen molar-refractivity contribution in [1.82, 2.24) is 9.71 Å². The van der Waals surface area contributed by atoms with Gasteiger partial charge >= 0.3 is 0 Å². The van der Waals surface area contributed by atoms with Gasteiger partial charge in [0.25, 0.3) is 5.91 Å². The van der Waals surface area contributed by atoms with Gasteiger partial charge in [0, 0.05) is 16.8 Å². The van der Waals surface area contributed by atoms with E-state index in [2.05, 4.69) is 34.3 Å². The summed E-state index contributed by atoms with van der Waals surface area (Å²) in [5, 5.41) is 9.70. The first-order valence-corrected chi connectivity index (χ1v) is 12.8. The number of thiazole rings is 1. The Morgan fingerprint density at radius 2 is 2.09 bits per heavy atom. The lowest BCUT2D eigenvalue weighted by Gasteiger charge is -2.26. The highest BCUT2D eigenvalue weighted by molar-refractivity contribution is 7.89. The van der Waals surface area contributed by atoms with Crippen LogP contribution in [0.2, 0.25) is 0 Å². The second-order valence-corrected chi connectivity index (χ2v) is 10.6. The van der Waals surface area contributed by atoms with Crippen molar-refractivity contribution in [1.29, 1.82) is 5.26 Å². The minimum Gasteiger partial charge on any atom is -0.313 e. The zero-order valence-corrected chi connectivity index (χ0v) is 19.7. The average molecular weight is 480 g/mol. The van der Waals surface area contributed by atoms with Gasteiger partial charge in [0.1, 0.15) is 5.69 Å². The van der Waals surface area contributed by atoms with Crippen LogP contribution in [-0.4, -0.2) is 44.4 Å². The number of dihydropyridines is 1. The molecule has 0 fully saturated rings. The molecule has 2 aromatic rings. The molecule has 0 saturated carbocycles. The molecular weight excluding hydrogens is 458 g/mol. The zero-order valence-electron chi connectivity index (χ0n) is 18.0. The van der Waals surface area contributed by atoms with E-state index < -0.39 is 15.9 Å². The van der Waals surface area contributed by atoms with Crippen molar-refractivity contribution in [3.8, 4) is 6.07 Å². The second kappa shape index (κ2) is 9.13. The number of allylic oxidation sites excluding steroid dienone is 1. The lowest BCUT2D eigenvalue weighted by atomic mass is 9.93. The van der Waals surface area contributed by atoms with E-state index in [1.54, 1.807) is 19.1 Å². The van der Waals surface area contributed by atoms with Gasteiger partial charge in [-0.15, -0.1) is 11.3 Å². The summed E-state index contributed by atoms with van der Waals surface area (Å²) in [6.07, 6.45) is 11.7. The Balaban J connectivity index is 1.69. The number of fused-ring (bicyclic) bond motifs is 1. The minimum atomic E-state index is -3.71. The van der Waals surface area contributed by atoms with Gasteiger partial charge in [-0.25, -0.2) is 18.1 Å². The largest absolute Gasteiger partial charge is 0.313 e. The van der Waals surface area contributed by atoms with Crippen molar-refractivity contribution in [3.63, 3.8) is 0 Å². The maximum Gasteiger partial charge on any atom is 0.284 e. The summed E-state index contributed by atoms with van der Waals surface area (Å²) in [7, 11) is -3.71. The fourth-order valence-corrected chi connectivity index (χ4v) is 4.94. The van der Waals surface area contributed by atoms with Crippen molar-refractivity contribution in [2.75, 3.05) is 17.7 Å². The summed E-state index contributed by atoms with van der Waals surface area (Å²) >= 11 is 1.30. The van der Waals surface area contributed by atoms with Crippen LogP contribution in [0.5, 0.6) is 0 Å². The molecule has 1 unspecified atom stereocenters. The summed E-state index contributed by atoms with van der Waals surface area (Å²) < 4.78 is 25.0. The number of anilines is 2. The number of aliphatic imine (C=N–C) groups is 1. The Hall–Kier alpha value is -3.55. The lowest BCUT2D eigenvalue weighted by Crippen LogP contribution is -2.30. The Morgan fingerprint density at radius 3 is 2.79 bits per heavy atom. The number of amides is 1. The fraction of sp³-hybridized carbons (Fsp3) is 0.217. The first kappa shape index (κ1) is 22.6. The predicted octanol–water partition coefficient (Wildman–Crippen LogP) is 3.42. The monoisotopic (exact) mass is 479 g/mol. The lowest BCUT2D eigenvalue weighted by molar-refractivity contribution is 0.0977. The van der Waals surface area contributed by atoms with E-state index in [-0.39, 0.29) is 11.7 Å². The van der Waals surface area contributed by atoms with Crippen molar-refractivity contribution in [3.05, 3.63) is 75.9 Å². The number of nitrogens with one attached hydrogen (secondary N) is 1. The molecular formula is C23H21N5O3S2. The van der Waals surface area contributed by atoms with Gasteiger partial charge in [-0.05, 0) is 54.8 Å². The number of sulfonamides is 1. The minimum absolute atomic E-state index is 0.0691. The van der Waals surface area contributed by atoms with Gasteiger partial charge in [0.2, 0.25) is 10.0 Å². The number of carbonyl (C=O) groups is 1. The summed E-state index contributed by atoms with van der Waals surface area (Å²) in [4.78, 5) is 24.0. The average Bonchev–Trinajstić information content (AvgIpc) is 3.18. The van der Waals surface area contributed by atoms with Gasteiger partial charge < -0.3 is 4.90 Å². The molecule has 1 atom stereocenters. The Morgan fingerprint density at radius 1 is 1.33 bits per heavy atom. The number of carbonyl (C=O) groups excluding carboxylic acids is 1. The fourth-order valence-electron chi connectivity index (χ4n) is 3.59. The van der Waals surface area contributed by atoms with E-state index in [9.17, 15) is 13.2 Å². The Kier molecular flexibility index (Phi) is 6.26. The van der Waals surface area contributed by atoms with Crippen LogP contribution in [0.4, 0.5) is 10.8 Å². The predicted molar refractivity (Wildman–Crippen MR) is 130 cm³/mol. The van der Waals surface area contributed by atoms with E-state index in [0.717, 1.165) is 29.5 Å². The molecule has 8 nitrogen and oxygen atoms in total. The standard InChI is InChI=1S/C23H21N5O3S2/c1-15-21(22(29)27-33(2,30)31)26-23(32-15)28(19-8-5-16(13-24)6-9-19)14-17-7-10-20-18(12-17)4-3-11-25-20/h3-9,11-12,20H,10,14H2,1-2H3,(H,27,29). The SMILES string of the molecule is Cc1sc(N(CC2=CCC3N=CC=CC3=C2)c2ccc(C#N)cc2)nc1C(=O)NS(C)(=O)=O. The molecule has 1 aromatic heterocycles. The van der Waals surface area contributed by atoms with E-state index in [4.69, 9.17) is 5.26 Å². The van der Waals surface area contributed by atoms with Crippen LogP contribution < -0.4 is 9.62 Å². The molecule has 0 spiro atoms. The van der Waals surface area contributed by atoms with Crippen molar-refractivity contribution >= 4 is 44.3 Å². The smallest absolute Gasteiger partial charge is 0.284 e. The van der Waals surface area contributed by atoms with Gasteiger partial charge in [-0.3, -0.25) is 9.79 Å². The number of rotatable bonds is 6. The molecule has 1 aliphatic heterocycles. The molecule has 1 amide bonds. The number of hydrogen-bond acceptors (Lipinski definition) is 8. The summed E-state index contributed by atoms with van der Waals surface area (Å²) in [6.45, 7) is 2.21.